The van der Waals surface area contributed by atoms with E-state index in [4.69, 9.17) is 0 Å². The van der Waals surface area contributed by atoms with Crippen LogP contribution in [0.1, 0.15) is 33.6 Å². The summed E-state index contributed by atoms with van der Waals surface area (Å²) in [5, 5.41) is 6.15. The molecule has 3 heteroatoms. The van der Waals surface area contributed by atoms with Crippen molar-refractivity contribution in [3.05, 3.63) is 0 Å². The molecule has 0 aromatic rings. The predicted molar refractivity (Wildman–Crippen MR) is 48.9 cm³/mol. The summed E-state index contributed by atoms with van der Waals surface area (Å²) in [7, 11) is 0. The van der Waals surface area contributed by atoms with Gasteiger partial charge in [0.15, 0.2) is 0 Å². The van der Waals surface area contributed by atoms with Crippen molar-refractivity contribution in [1.82, 2.24) is 10.6 Å². The molecular formula is C9H18N2O. The zero-order valence-corrected chi connectivity index (χ0v) is 8.11. The van der Waals surface area contributed by atoms with Crippen LogP contribution in [0.2, 0.25) is 0 Å². The minimum atomic E-state index is -0.218. The minimum Gasteiger partial charge on any atom is -0.355 e. The van der Waals surface area contributed by atoms with E-state index in [9.17, 15) is 4.79 Å². The van der Waals surface area contributed by atoms with Crippen LogP contribution in [0.5, 0.6) is 0 Å². The third-order valence-electron chi connectivity index (χ3n) is 2.09. The van der Waals surface area contributed by atoms with Gasteiger partial charge in [0.1, 0.15) is 0 Å². The largest absolute Gasteiger partial charge is 0.355 e. The van der Waals surface area contributed by atoms with Crippen LogP contribution in [-0.2, 0) is 4.79 Å². The Kier molecular flexibility index (Phi) is 2.73. The Morgan fingerprint density at radius 1 is 1.50 bits per heavy atom. The lowest BCUT2D eigenvalue weighted by Gasteiger charge is -2.18. The second-order valence-electron chi connectivity index (χ2n) is 3.74. The van der Waals surface area contributed by atoms with Crippen molar-refractivity contribution in [3.8, 4) is 0 Å². The van der Waals surface area contributed by atoms with E-state index in [0.29, 0.717) is 6.04 Å². The van der Waals surface area contributed by atoms with Crippen LogP contribution < -0.4 is 10.6 Å². The smallest absolute Gasteiger partial charge is 0.240 e. The van der Waals surface area contributed by atoms with Gasteiger partial charge in [0.2, 0.25) is 5.91 Å². The average molecular weight is 170 g/mol. The fourth-order valence-electron chi connectivity index (χ4n) is 1.44. The molecule has 70 valence electrons. The van der Waals surface area contributed by atoms with Gasteiger partial charge in [-0.15, -0.1) is 0 Å². The quantitative estimate of drug-likeness (QED) is 0.650. The molecule has 1 saturated carbocycles. The first-order valence-corrected chi connectivity index (χ1v) is 4.67. The predicted octanol–water partition coefficient (Wildman–Crippen LogP) is 0.653. The Bertz CT molecular complexity index is 173. The summed E-state index contributed by atoms with van der Waals surface area (Å²) in [6, 6.07) is 0.384. The maximum atomic E-state index is 11.5. The van der Waals surface area contributed by atoms with Crippen molar-refractivity contribution < 1.29 is 4.79 Å². The zero-order valence-electron chi connectivity index (χ0n) is 8.11. The van der Waals surface area contributed by atoms with Gasteiger partial charge in [-0.3, -0.25) is 4.79 Å². The van der Waals surface area contributed by atoms with Crippen LogP contribution in [0.25, 0.3) is 0 Å². The molecule has 0 unspecified atom stereocenters. The molecule has 0 aliphatic heterocycles. The van der Waals surface area contributed by atoms with Gasteiger partial charge in [-0.25, -0.2) is 0 Å². The normalized spacial score (nSPS) is 19.3. The first-order valence-electron chi connectivity index (χ1n) is 4.67. The van der Waals surface area contributed by atoms with Gasteiger partial charge >= 0.3 is 0 Å². The van der Waals surface area contributed by atoms with E-state index in [1.165, 1.54) is 0 Å². The average Bonchev–Trinajstić information content (AvgIpc) is 2.69. The van der Waals surface area contributed by atoms with E-state index in [2.05, 4.69) is 24.5 Å². The molecule has 0 heterocycles. The van der Waals surface area contributed by atoms with Gasteiger partial charge in [-0.05, 0) is 33.6 Å². The number of carbonyl (C=O) groups is 1. The lowest BCUT2D eigenvalue weighted by Crippen LogP contribution is -2.49. The lowest BCUT2D eigenvalue weighted by molar-refractivity contribution is -0.124. The summed E-state index contributed by atoms with van der Waals surface area (Å²) in [6.45, 7) is 6.81. The second kappa shape index (κ2) is 3.44. The number of amides is 1. The van der Waals surface area contributed by atoms with Gasteiger partial charge in [0.05, 0.1) is 5.54 Å². The molecule has 0 radical (unpaired) electrons. The Labute approximate surface area is 73.9 Å². The van der Waals surface area contributed by atoms with E-state index in [1.54, 1.807) is 0 Å². The number of hydrogen-bond acceptors (Lipinski definition) is 2. The first-order chi connectivity index (χ1) is 5.60. The van der Waals surface area contributed by atoms with Crippen molar-refractivity contribution in [2.75, 3.05) is 6.54 Å². The maximum absolute atomic E-state index is 11.5. The summed E-state index contributed by atoms with van der Waals surface area (Å²) in [6.07, 6.45) is 1.97. The third kappa shape index (κ3) is 1.97. The molecule has 1 rings (SSSR count). The van der Waals surface area contributed by atoms with Crippen molar-refractivity contribution in [2.24, 2.45) is 0 Å². The number of nitrogens with one attached hydrogen (secondary N) is 2. The van der Waals surface area contributed by atoms with Crippen LogP contribution in [0.4, 0.5) is 0 Å². The highest BCUT2D eigenvalue weighted by Crippen LogP contribution is 2.35. The highest BCUT2D eigenvalue weighted by Gasteiger charge is 2.49. The van der Waals surface area contributed by atoms with Crippen LogP contribution >= 0.6 is 0 Å². The molecule has 1 aliphatic rings. The van der Waals surface area contributed by atoms with Crippen molar-refractivity contribution in [3.63, 3.8) is 0 Å². The fraction of sp³-hybridized carbons (Fsp3) is 0.889. The Morgan fingerprint density at radius 3 is 2.42 bits per heavy atom. The summed E-state index contributed by atoms with van der Waals surface area (Å²) in [4.78, 5) is 11.5. The topological polar surface area (TPSA) is 41.1 Å². The molecule has 12 heavy (non-hydrogen) atoms. The van der Waals surface area contributed by atoms with Crippen LogP contribution in [0.3, 0.4) is 0 Å². The molecule has 0 bridgehead atoms. The van der Waals surface area contributed by atoms with Crippen LogP contribution in [0, 0.1) is 0 Å². The Morgan fingerprint density at radius 2 is 2.08 bits per heavy atom. The molecule has 0 atom stereocenters. The number of likely N-dealkylation sites (N-methyl/N-ethyl adjacent to an activating group) is 1. The highest BCUT2D eigenvalue weighted by molar-refractivity contribution is 5.89. The summed E-state index contributed by atoms with van der Waals surface area (Å²) >= 11 is 0. The van der Waals surface area contributed by atoms with Gasteiger partial charge in [0, 0.05) is 12.6 Å². The molecule has 0 saturated heterocycles. The second-order valence-corrected chi connectivity index (χ2v) is 3.74. The zero-order chi connectivity index (χ0) is 9.19. The maximum Gasteiger partial charge on any atom is 0.240 e. The molecule has 3 nitrogen and oxygen atoms in total. The summed E-state index contributed by atoms with van der Waals surface area (Å²) in [5.41, 5.74) is -0.218. The fourth-order valence-corrected chi connectivity index (χ4v) is 1.44. The molecular weight excluding hydrogens is 152 g/mol. The van der Waals surface area contributed by atoms with Gasteiger partial charge in [-0.1, -0.05) is 0 Å². The van der Waals surface area contributed by atoms with Gasteiger partial charge in [-0.2, -0.15) is 0 Å². The monoisotopic (exact) mass is 170 g/mol. The van der Waals surface area contributed by atoms with Crippen molar-refractivity contribution in [1.29, 1.82) is 0 Å². The van der Waals surface area contributed by atoms with E-state index in [0.717, 1.165) is 19.4 Å². The third-order valence-corrected chi connectivity index (χ3v) is 2.09. The number of rotatable bonds is 4. The van der Waals surface area contributed by atoms with E-state index in [-0.39, 0.29) is 11.4 Å². The highest BCUT2D eigenvalue weighted by atomic mass is 16.2. The minimum absolute atomic E-state index is 0.165. The van der Waals surface area contributed by atoms with E-state index < -0.39 is 0 Å². The summed E-state index contributed by atoms with van der Waals surface area (Å²) in [5.74, 6) is 0.165. The molecule has 1 aliphatic carbocycles. The summed E-state index contributed by atoms with van der Waals surface area (Å²) < 4.78 is 0. The van der Waals surface area contributed by atoms with Crippen molar-refractivity contribution >= 4 is 5.91 Å². The van der Waals surface area contributed by atoms with Crippen molar-refractivity contribution in [2.45, 2.75) is 45.2 Å². The van der Waals surface area contributed by atoms with E-state index >= 15 is 0 Å². The number of carbonyl (C=O) groups excluding carboxylic acids is 1. The number of hydrogen-bond donors (Lipinski definition) is 2. The Balaban J connectivity index is 2.43. The van der Waals surface area contributed by atoms with Gasteiger partial charge in [0.25, 0.3) is 0 Å². The first kappa shape index (κ1) is 9.52. The van der Waals surface area contributed by atoms with E-state index in [1.807, 2.05) is 6.92 Å². The molecule has 1 amide bonds. The standard InChI is InChI=1S/C9H18N2O/c1-4-10-8(12)9(5-6-9)11-7(2)3/h7,11H,4-6H2,1-3H3,(H,10,12). The lowest BCUT2D eigenvalue weighted by atomic mass is 10.2. The SMILES string of the molecule is CCNC(=O)C1(NC(C)C)CC1. The van der Waals surface area contributed by atoms with Crippen LogP contribution in [0.15, 0.2) is 0 Å². The molecule has 1 fully saturated rings. The molecule has 2 N–H and O–H groups in total. The molecule has 0 aromatic carbocycles. The Hall–Kier alpha value is -0.570. The van der Waals surface area contributed by atoms with Crippen LogP contribution in [-0.4, -0.2) is 24.0 Å². The molecule has 0 spiro atoms. The van der Waals surface area contributed by atoms with Gasteiger partial charge < -0.3 is 10.6 Å². The molecule has 0 aromatic heterocycles.